The first-order chi connectivity index (χ1) is 12.2. The molecule has 1 N–H and O–H groups in total. The Balaban J connectivity index is 0.00000196. The van der Waals surface area contributed by atoms with Crippen molar-refractivity contribution in [3.63, 3.8) is 0 Å². The van der Waals surface area contributed by atoms with Gasteiger partial charge in [-0.3, -0.25) is 14.1 Å². The molecule has 4 heterocycles. The third kappa shape index (κ3) is 4.09. The van der Waals surface area contributed by atoms with Gasteiger partial charge in [-0.2, -0.15) is 4.98 Å². The number of halogens is 1. The predicted molar refractivity (Wildman–Crippen MR) is 104 cm³/mol. The number of hydrogen-bond donors (Lipinski definition) is 1. The molecule has 0 radical (unpaired) electrons. The Bertz CT molecular complexity index is 926. The Labute approximate surface area is 164 Å². The summed E-state index contributed by atoms with van der Waals surface area (Å²) in [6.07, 6.45) is 1.74. The molecule has 1 fully saturated rings. The minimum absolute atomic E-state index is 0. The van der Waals surface area contributed by atoms with Crippen LogP contribution in [0.3, 0.4) is 0 Å². The maximum absolute atomic E-state index is 12.0. The van der Waals surface area contributed by atoms with E-state index in [0.29, 0.717) is 17.4 Å². The van der Waals surface area contributed by atoms with Gasteiger partial charge in [0.1, 0.15) is 0 Å². The highest BCUT2D eigenvalue weighted by Crippen LogP contribution is 2.20. The Morgan fingerprint density at radius 3 is 3.15 bits per heavy atom. The maximum Gasteiger partial charge on any atom is 0.258 e. The molecule has 26 heavy (non-hydrogen) atoms. The molecule has 1 saturated heterocycles. The smallest absolute Gasteiger partial charge is 0.258 e. The Hall–Kier alpha value is -1.46. The predicted octanol–water partition coefficient (Wildman–Crippen LogP) is 1.57. The number of aromatic nitrogens is 4. The lowest BCUT2D eigenvalue weighted by molar-refractivity contribution is 0.190. The summed E-state index contributed by atoms with van der Waals surface area (Å²) in [6.45, 7) is 2.78. The number of rotatable bonds is 5. The van der Waals surface area contributed by atoms with Crippen molar-refractivity contribution in [3.05, 3.63) is 45.4 Å². The molecular formula is C15H19ClN6O2S2. The molecule has 0 spiro atoms. The van der Waals surface area contributed by atoms with Gasteiger partial charge in [0.05, 0.1) is 17.5 Å². The molecule has 0 aliphatic carbocycles. The lowest BCUT2D eigenvalue weighted by atomic mass is 10.2. The lowest BCUT2D eigenvalue weighted by Gasteiger charge is -2.30. The van der Waals surface area contributed by atoms with Crippen LogP contribution in [0, 0.1) is 0 Å². The van der Waals surface area contributed by atoms with Gasteiger partial charge in [-0.1, -0.05) is 5.16 Å². The van der Waals surface area contributed by atoms with Gasteiger partial charge >= 0.3 is 0 Å². The van der Waals surface area contributed by atoms with Gasteiger partial charge < -0.3 is 9.84 Å². The van der Waals surface area contributed by atoms with Crippen LogP contribution < -0.4 is 10.9 Å². The Morgan fingerprint density at radius 2 is 2.31 bits per heavy atom. The summed E-state index contributed by atoms with van der Waals surface area (Å²) < 4.78 is 6.92. The minimum Gasteiger partial charge on any atom is -0.338 e. The average molecular weight is 415 g/mol. The van der Waals surface area contributed by atoms with Gasteiger partial charge in [-0.25, -0.2) is 4.98 Å². The first-order valence-corrected chi connectivity index (χ1v) is 10.0. The fraction of sp³-hybridized carbons (Fsp3) is 0.467. The largest absolute Gasteiger partial charge is 0.338 e. The minimum atomic E-state index is -0.0465. The zero-order valence-corrected chi connectivity index (χ0v) is 16.6. The fourth-order valence-electron chi connectivity index (χ4n) is 2.76. The lowest BCUT2D eigenvalue weighted by Crippen LogP contribution is -2.44. The summed E-state index contributed by atoms with van der Waals surface area (Å²) in [5.74, 6) is 2.56. The molecule has 0 bridgehead atoms. The van der Waals surface area contributed by atoms with Crippen LogP contribution in [-0.2, 0) is 11.5 Å². The van der Waals surface area contributed by atoms with Gasteiger partial charge in [0.15, 0.2) is 10.8 Å². The third-order valence-corrected chi connectivity index (χ3v) is 5.83. The van der Waals surface area contributed by atoms with Crippen LogP contribution >= 0.6 is 35.5 Å². The standard InChI is InChI=1S/C15H18N6O2S2.ClH/c1-20-3-2-16-7-11(20)14-18-12(23-19-14)9-24-8-10-6-13(22)21-4-5-25-15(21)17-10;/h4-6,11,16H,2-3,7-9H2,1H3;1H. The number of nitrogens with zero attached hydrogens (tertiary/aromatic N) is 5. The number of piperazine rings is 1. The van der Waals surface area contributed by atoms with E-state index in [2.05, 4.69) is 32.4 Å². The SMILES string of the molecule is CN1CCNCC1c1noc(CSCc2cc(=O)n3ccsc3n2)n1.Cl. The zero-order valence-electron chi connectivity index (χ0n) is 14.1. The number of thiazole rings is 1. The van der Waals surface area contributed by atoms with Gasteiger partial charge in [-0.05, 0) is 7.05 Å². The summed E-state index contributed by atoms with van der Waals surface area (Å²) in [5.41, 5.74) is 0.725. The van der Waals surface area contributed by atoms with Crippen molar-refractivity contribution >= 4 is 40.5 Å². The number of likely N-dealkylation sites (N-methyl/N-ethyl adjacent to an activating group) is 1. The van der Waals surface area contributed by atoms with E-state index in [1.54, 1.807) is 28.4 Å². The highest BCUT2D eigenvalue weighted by molar-refractivity contribution is 7.97. The second-order valence-corrected chi connectivity index (χ2v) is 7.74. The van der Waals surface area contributed by atoms with Crippen LogP contribution in [0.15, 0.2) is 27.0 Å². The molecule has 0 saturated carbocycles. The fourth-order valence-corrected chi connectivity index (χ4v) is 4.25. The van der Waals surface area contributed by atoms with Gasteiger partial charge in [0.2, 0.25) is 5.89 Å². The number of nitrogens with one attached hydrogen (secondary N) is 1. The first kappa shape index (κ1) is 19.3. The first-order valence-electron chi connectivity index (χ1n) is 7.97. The molecule has 1 unspecified atom stereocenters. The van der Waals surface area contributed by atoms with Gasteiger partial charge in [0, 0.05) is 43.0 Å². The summed E-state index contributed by atoms with van der Waals surface area (Å²) in [5, 5.41) is 9.32. The molecule has 1 atom stereocenters. The summed E-state index contributed by atoms with van der Waals surface area (Å²) in [7, 11) is 2.07. The summed E-state index contributed by atoms with van der Waals surface area (Å²) in [4.78, 5) is 23.9. The second-order valence-electron chi connectivity index (χ2n) is 5.88. The maximum atomic E-state index is 12.0. The molecule has 140 valence electrons. The van der Waals surface area contributed by atoms with E-state index in [4.69, 9.17) is 4.52 Å². The van der Waals surface area contributed by atoms with Gasteiger partial charge in [0.25, 0.3) is 5.56 Å². The van der Waals surface area contributed by atoms with Crippen LogP contribution in [-0.4, -0.2) is 51.1 Å². The molecule has 3 aromatic rings. The molecule has 1 aliphatic rings. The Kier molecular flexibility index (Phi) is 6.30. The monoisotopic (exact) mass is 414 g/mol. The number of fused-ring (bicyclic) bond motifs is 1. The van der Waals surface area contributed by atoms with Crippen LogP contribution in [0.1, 0.15) is 23.5 Å². The highest BCUT2D eigenvalue weighted by Gasteiger charge is 2.25. The molecule has 0 amide bonds. The van der Waals surface area contributed by atoms with E-state index < -0.39 is 0 Å². The topological polar surface area (TPSA) is 88.6 Å². The van der Waals surface area contributed by atoms with E-state index in [1.807, 2.05) is 5.38 Å². The summed E-state index contributed by atoms with van der Waals surface area (Å²) >= 11 is 3.06. The van der Waals surface area contributed by atoms with Crippen LogP contribution in [0.2, 0.25) is 0 Å². The van der Waals surface area contributed by atoms with E-state index in [0.717, 1.165) is 36.1 Å². The molecule has 1 aliphatic heterocycles. The normalized spacial score (nSPS) is 18.1. The molecule has 0 aromatic carbocycles. The van der Waals surface area contributed by atoms with Crippen molar-refractivity contribution in [1.29, 1.82) is 0 Å². The quantitative estimate of drug-likeness (QED) is 0.673. The van der Waals surface area contributed by atoms with Crippen molar-refractivity contribution < 1.29 is 4.52 Å². The molecule has 8 nitrogen and oxygen atoms in total. The van der Waals surface area contributed by atoms with E-state index in [1.165, 1.54) is 11.3 Å². The summed E-state index contributed by atoms with van der Waals surface area (Å²) in [6, 6.07) is 1.73. The van der Waals surface area contributed by atoms with E-state index in [-0.39, 0.29) is 24.0 Å². The van der Waals surface area contributed by atoms with Crippen molar-refractivity contribution in [3.8, 4) is 0 Å². The molecule has 4 rings (SSSR count). The molecule has 11 heteroatoms. The van der Waals surface area contributed by atoms with Crippen LogP contribution in [0.5, 0.6) is 0 Å². The van der Waals surface area contributed by atoms with Crippen molar-refractivity contribution in [2.45, 2.75) is 17.5 Å². The second kappa shape index (κ2) is 8.49. The van der Waals surface area contributed by atoms with Crippen molar-refractivity contribution in [1.82, 2.24) is 29.7 Å². The van der Waals surface area contributed by atoms with Gasteiger partial charge in [-0.15, -0.1) is 35.5 Å². The number of thioether (sulfide) groups is 1. The third-order valence-electron chi connectivity index (χ3n) is 4.12. The van der Waals surface area contributed by atoms with Crippen molar-refractivity contribution in [2.75, 3.05) is 26.7 Å². The molecule has 3 aromatic heterocycles. The number of hydrogen-bond acceptors (Lipinski definition) is 9. The van der Waals surface area contributed by atoms with Crippen LogP contribution in [0.25, 0.3) is 4.96 Å². The molecular weight excluding hydrogens is 396 g/mol. The van der Waals surface area contributed by atoms with E-state index >= 15 is 0 Å². The van der Waals surface area contributed by atoms with Crippen molar-refractivity contribution in [2.24, 2.45) is 0 Å². The van der Waals surface area contributed by atoms with E-state index in [9.17, 15) is 4.79 Å². The zero-order chi connectivity index (χ0) is 17.2. The highest BCUT2D eigenvalue weighted by atomic mass is 35.5. The average Bonchev–Trinajstić information content (AvgIpc) is 3.25. The van der Waals surface area contributed by atoms with Crippen LogP contribution in [0.4, 0.5) is 0 Å². The Morgan fingerprint density at radius 1 is 1.42 bits per heavy atom.